The van der Waals surface area contributed by atoms with Crippen molar-refractivity contribution in [3.8, 4) is 0 Å². The van der Waals surface area contributed by atoms with Crippen LogP contribution in [0.2, 0.25) is 0 Å². The minimum absolute atomic E-state index is 0.00928. The number of hydrogen-bond donors (Lipinski definition) is 2. The first kappa shape index (κ1) is 17.4. The van der Waals surface area contributed by atoms with Gasteiger partial charge in [-0.2, -0.15) is 0 Å². The van der Waals surface area contributed by atoms with E-state index in [1.54, 1.807) is 10.6 Å². The van der Waals surface area contributed by atoms with E-state index in [-0.39, 0.29) is 24.0 Å². The third-order valence-electron chi connectivity index (χ3n) is 5.02. The summed E-state index contributed by atoms with van der Waals surface area (Å²) in [6, 6.07) is 13.1. The van der Waals surface area contributed by atoms with Gasteiger partial charge in [0.05, 0.1) is 16.8 Å². The number of aliphatic hydroxyl groups is 1. The van der Waals surface area contributed by atoms with Gasteiger partial charge in [0.25, 0.3) is 5.56 Å². The van der Waals surface area contributed by atoms with Gasteiger partial charge >= 0.3 is 0 Å². The zero-order chi connectivity index (χ0) is 19.0. The van der Waals surface area contributed by atoms with Gasteiger partial charge in [0.2, 0.25) is 5.91 Å². The van der Waals surface area contributed by atoms with Gasteiger partial charge in [0.1, 0.15) is 5.82 Å². The molecule has 4 rings (SSSR count). The van der Waals surface area contributed by atoms with Crippen LogP contribution in [0.3, 0.4) is 0 Å². The highest BCUT2D eigenvalue weighted by molar-refractivity contribution is 6.03. The Balaban J connectivity index is 1.81. The van der Waals surface area contributed by atoms with Gasteiger partial charge in [0, 0.05) is 25.3 Å². The van der Waals surface area contributed by atoms with Gasteiger partial charge in [-0.15, -0.1) is 0 Å². The monoisotopic (exact) mass is 363 g/mol. The molecule has 1 aliphatic rings. The Bertz CT molecular complexity index is 1090. The molecule has 1 aromatic heterocycles. The largest absolute Gasteiger partial charge is 0.396 e. The number of para-hydroxylation sites is 1. The number of carbonyl (C=O) groups excluding carboxylic acids is 1. The highest BCUT2D eigenvalue weighted by atomic mass is 16.3. The Morgan fingerprint density at radius 3 is 2.81 bits per heavy atom. The Morgan fingerprint density at radius 2 is 2.00 bits per heavy atom. The first-order valence-electron chi connectivity index (χ1n) is 9.09. The molecule has 0 fully saturated rings. The Morgan fingerprint density at radius 1 is 1.19 bits per heavy atom. The predicted molar refractivity (Wildman–Crippen MR) is 104 cm³/mol. The number of amides is 1. The fraction of sp³-hybridized carbons (Fsp3) is 0.286. The summed E-state index contributed by atoms with van der Waals surface area (Å²) in [7, 11) is 0. The molecule has 1 aliphatic heterocycles. The van der Waals surface area contributed by atoms with E-state index in [4.69, 9.17) is 0 Å². The number of aliphatic hydroxyl groups excluding tert-OH is 1. The first-order chi connectivity index (χ1) is 13.1. The maximum Gasteiger partial charge on any atom is 0.261 e. The van der Waals surface area contributed by atoms with Crippen molar-refractivity contribution < 1.29 is 9.90 Å². The molecular weight excluding hydrogens is 342 g/mol. The zero-order valence-corrected chi connectivity index (χ0v) is 15.1. The minimum Gasteiger partial charge on any atom is -0.396 e. The van der Waals surface area contributed by atoms with Crippen LogP contribution in [0.15, 0.2) is 47.3 Å². The molecule has 1 amide bonds. The molecule has 0 aliphatic carbocycles. The Labute approximate surface area is 156 Å². The molecule has 2 N–H and O–H groups in total. The first-order valence-corrected chi connectivity index (χ1v) is 9.09. The molecule has 0 radical (unpaired) electrons. The second-order valence-corrected chi connectivity index (χ2v) is 6.92. The van der Waals surface area contributed by atoms with Crippen molar-refractivity contribution in [1.82, 2.24) is 9.55 Å². The molecule has 1 atom stereocenters. The molecular formula is C21H21N3O3. The number of aromatic nitrogens is 2. The number of rotatable bonds is 5. The van der Waals surface area contributed by atoms with Crippen LogP contribution in [0, 0.1) is 6.92 Å². The molecule has 3 aromatic rings. The lowest BCUT2D eigenvalue weighted by atomic mass is 9.95. The van der Waals surface area contributed by atoms with E-state index in [0.717, 1.165) is 16.8 Å². The fourth-order valence-corrected chi connectivity index (χ4v) is 3.66. The summed E-state index contributed by atoms with van der Waals surface area (Å²) in [6.07, 6.45) is 0.799. The van der Waals surface area contributed by atoms with Crippen LogP contribution in [0.5, 0.6) is 0 Å². The van der Waals surface area contributed by atoms with Crippen molar-refractivity contribution in [2.45, 2.75) is 32.2 Å². The number of aryl methyl sites for hydroxylation is 1. The molecule has 2 aromatic carbocycles. The minimum atomic E-state index is -0.381. The molecule has 6 nitrogen and oxygen atoms in total. The zero-order valence-electron chi connectivity index (χ0n) is 15.1. The molecule has 138 valence electrons. The van der Waals surface area contributed by atoms with Gasteiger partial charge in [-0.05, 0) is 37.1 Å². The third-order valence-corrected chi connectivity index (χ3v) is 5.02. The summed E-state index contributed by atoms with van der Waals surface area (Å²) in [4.78, 5) is 30.2. The van der Waals surface area contributed by atoms with Crippen LogP contribution >= 0.6 is 0 Å². The normalized spacial score (nSPS) is 15.8. The van der Waals surface area contributed by atoms with E-state index in [9.17, 15) is 14.7 Å². The standard InChI is InChI=1S/C21H21N3O3/c1-13-7-8-18-15(11-13)16(20(26)23-18)12-19-22-17-6-3-2-5-14(17)21(27)24(19)9-4-10-25/h2-3,5-8,11,16,25H,4,9-10,12H2,1H3,(H,23,26)/t16-/m1/s1. The highest BCUT2D eigenvalue weighted by Crippen LogP contribution is 2.35. The van der Waals surface area contributed by atoms with Crippen molar-refractivity contribution in [2.75, 3.05) is 11.9 Å². The van der Waals surface area contributed by atoms with Crippen LogP contribution < -0.4 is 10.9 Å². The van der Waals surface area contributed by atoms with Gasteiger partial charge in [-0.1, -0.05) is 29.8 Å². The quantitative estimate of drug-likeness (QED) is 0.729. The van der Waals surface area contributed by atoms with E-state index in [0.29, 0.717) is 36.1 Å². The molecule has 0 saturated carbocycles. The van der Waals surface area contributed by atoms with Crippen LogP contribution in [-0.4, -0.2) is 27.2 Å². The van der Waals surface area contributed by atoms with Crippen molar-refractivity contribution in [1.29, 1.82) is 0 Å². The molecule has 2 heterocycles. The lowest BCUT2D eigenvalue weighted by Gasteiger charge is -2.16. The molecule has 0 saturated heterocycles. The van der Waals surface area contributed by atoms with Gasteiger partial charge < -0.3 is 10.4 Å². The van der Waals surface area contributed by atoms with Gasteiger partial charge in [0.15, 0.2) is 0 Å². The molecule has 0 bridgehead atoms. The molecule has 27 heavy (non-hydrogen) atoms. The van der Waals surface area contributed by atoms with E-state index in [1.807, 2.05) is 43.3 Å². The number of fused-ring (bicyclic) bond motifs is 2. The lowest BCUT2D eigenvalue weighted by molar-refractivity contribution is -0.117. The Hall–Kier alpha value is -2.99. The van der Waals surface area contributed by atoms with Crippen molar-refractivity contribution >= 4 is 22.5 Å². The van der Waals surface area contributed by atoms with Crippen molar-refractivity contribution in [2.24, 2.45) is 0 Å². The Kier molecular flexibility index (Phi) is 4.49. The summed E-state index contributed by atoms with van der Waals surface area (Å²) >= 11 is 0. The lowest BCUT2D eigenvalue weighted by Crippen LogP contribution is -2.28. The smallest absolute Gasteiger partial charge is 0.261 e. The van der Waals surface area contributed by atoms with Crippen LogP contribution in [-0.2, 0) is 17.8 Å². The highest BCUT2D eigenvalue weighted by Gasteiger charge is 2.32. The van der Waals surface area contributed by atoms with E-state index < -0.39 is 0 Å². The van der Waals surface area contributed by atoms with Crippen molar-refractivity contribution in [3.05, 3.63) is 69.8 Å². The van der Waals surface area contributed by atoms with Crippen LogP contribution in [0.25, 0.3) is 10.9 Å². The number of nitrogens with one attached hydrogen (secondary N) is 1. The van der Waals surface area contributed by atoms with E-state index >= 15 is 0 Å². The number of anilines is 1. The number of benzene rings is 2. The molecule has 0 spiro atoms. The second kappa shape index (κ2) is 6.96. The number of hydrogen-bond acceptors (Lipinski definition) is 4. The maximum absolute atomic E-state index is 13.0. The average molecular weight is 363 g/mol. The van der Waals surface area contributed by atoms with Crippen LogP contribution in [0.1, 0.15) is 29.3 Å². The molecule has 6 heteroatoms. The summed E-state index contributed by atoms with van der Waals surface area (Å²) in [5, 5.41) is 12.7. The van der Waals surface area contributed by atoms with Crippen LogP contribution in [0.4, 0.5) is 5.69 Å². The van der Waals surface area contributed by atoms with E-state index in [1.165, 1.54) is 0 Å². The molecule has 0 unspecified atom stereocenters. The maximum atomic E-state index is 13.0. The third kappa shape index (κ3) is 3.13. The second-order valence-electron chi connectivity index (χ2n) is 6.92. The topological polar surface area (TPSA) is 84.2 Å². The van der Waals surface area contributed by atoms with Crippen molar-refractivity contribution in [3.63, 3.8) is 0 Å². The summed E-state index contributed by atoms with van der Waals surface area (Å²) in [5.41, 5.74) is 3.34. The number of carbonyl (C=O) groups is 1. The average Bonchev–Trinajstić information content (AvgIpc) is 2.96. The summed E-state index contributed by atoms with van der Waals surface area (Å²) in [5.74, 6) is 0.113. The van der Waals surface area contributed by atoms with E-state index in [2.05, 4.69) is 10.3 Å². The van der Waals surface area contributed by atoms with Gasteiger partial charge in [-0.25, -0.2) is 4.98 Å². The number of nitrogens with zero attached hydrogens (tertiary/aromatic N) is 2. The fourth-order valence-electron chi connectivity index (χ4n) is 3.66. The summed E-state index contributed by atoms with van der Waals surface area (Å²) < 4.78 is 1.60. The predicted octanol–water partition coefficient (Wildman–Crippen LogP) is 2.37. The summed E-state index contributed by atoms with van der Waals surface area (Å²) in [6.45, 7) is 2.35. The SMILES string of the molecule is Cc1ccc2c(c1)[C@@H](Cc1nc3ccccc3c(=O)n1CCCO)C(=O)N2. The van der Waals surface area contributed by atoms with Gasteiger partial charge in [-0.3, -0.25) is 14.2 Å².